The first-order valence-electron chi connectivity index (χ1n) is 8.85. The predicted octanol–water partition coefficient (Wildman–Crippen LogP) is 2.93. The van der Waals surface area contributed by atoms with Gasteiger partial charge in [0.2, 0.25) is 0 Å². The molecule has 0 saturated carbocycles. The molecule has 11 nitrogen and oxygen atoms in total. The lowest BCUT2D eigenvalue weighted by Crippen LogP contribution is -2.15. The van der Waals surface area contributed by atoms with Gasteiger partial charge < -0.3 is 14.6 Å². The summed E-state index contributed by atoms with van der Waals surface area (Å²) in [7, 11) is -2.90. The number of ether oxygens (including phenoxy) is 1. The second-order valence-corrected chi connectivity index (χ2v) is 7.33. The van der Waals surface area contributed by atoms with Crippen molar-refractivity contribution in [1.82, 2.24) is 19.5 Å². The van der Waals surface area contributed by atoms with Crippen LogP contribution in [0.2, 0.25) is 0 Å². The van der Waals surface area contributed by atoms with Gasteiger partial charge in [0, 0.05) is 10.5 Å². The minimum Gasteiger partial charge on any atom is -0.352 e. The largest absolute Gasteiger partial charge is 0.352 e. The van der Waals surface area contributed by atoms with Crippen LogP contribution in [-0.4, -0.2) is 38.1 Å². The first kappa shape index (κ1) is 19.3. The zero-order valence-electron chi connectivity index (χ0n) is 15.1. The molecule has 1 saturated heterocycles. The number of imidazole rings is 1. The van der Waals surface area contributed by atoms with E-state index in [-0.39, 0.29) is 24.8 Å². The van der Waals surface area contributed by atoms with Gasteiger partial charge in [-0.25, -0.2) is 15.0 Å². The zero-order chi connectivity index (χ0) is 20.2. The molecular weight excluding hydrogens is 399 g/mol. The van der Waals surface area contributed by atoms with E-state index >= 15 is 0 Å². The lowest BCUT2D eigenvalue weighted by molar-refractivity contribution is -0.0146. The van der Waals surface area contributed by atoms with E-state index in [2.05, 4.69) is 25.2 Å². The van der Waals surface area contributed by atoms with Gasteiger partial charge in [-0.2, -0.15) is 0 Å². The molecule has 0 aliphatic carbocycles. The normalized spacial score (nSPS) is 19.9. The number of hydrogen-bond acceptors (Lipinski definition) is 8. The average Bonchev–Trinajstić information content (AvgIpc) is 3.40. The third-order valence-electron chi connectivity index (χ3n) is 4.49. The van der Waals surface area contributed by atoms with Gasteiger partial charge in [-0.05, 0) is 25.0 Å². The standard InChI is InChI=1S/C17H17N6O5P/c24-17(11-4-2-1-3-5-11)21-15-14-16(19-9-18-15)23(10-20-14)13-7-6-12(28-13)8-27-29(26)22-25/h1-5,9-10,12-13,29H,6-8H2,(H,18,19,21,24)/t12-,13+/m0/s1. The Kier molecular flexibility index (Phi) is 5.70. The van der Waals surface area contributed by atoms with Gasteiger partial charge >= 0.3 is 8.18 Å². The predicted molar refractivity (Wildman–Crippen MR) is 104 cm³/mol. The van der Waals surface area contributed by atoms with Crippen LogP contribution < -0.4 is 5.32 Å². The summed E-state index contributed by atoms with van der Waals surface area (Å²) in [6, 6.07) is 8.79. The van der Waals surface area contributed by atoms with E-state index < -0.39 is 8.18 Å². The minimum atomic E-state index is -2.90. The molecule has 29 heavy (non-hydrogen) atoms. The van der Waals surface area contributed by atoms with Gasteiger partial charge in [-0.15, -0.1) is 4.91 Å². The number of aromatic nitrogens is 4. The van der Waals surface area contributed by atoms with Crippen LogP contribution in [0.25, 0.3) is 11.2 Å². The van der Waals surface area contributed by atoms with Crippen molar-refractivity contribution >= 4 is 31.1 Å². The van der Waals surface area contributed by atoms with E-state index in [4.69, 9.17) is 9.26 Å². The van der Waals surface area contributed by atoms with Crippen molar-refractivity contribution in [1.29, 1.82) is 0 Å². The van der Waals surface area contributed by atoms with Gasteiger partial charge in [-0.1, -0.05) is 18.2 Å². The highest BCUT2D eigenvalue weighted by Crippen LogP contribution is 2.33. The Balaban J connectivity index is 1.50. The van der Waals surface area contributed by atoms with Gasteiger partial charge in [0.15, 0.2) is 17.0 Å². The molecule has 150 valence electrons. The lowest BCUT2D eigenvalue weighted by atomic mass is 10.2. The van der Waals surface area contributed by atoms with Crippen molar-refractivity contribution in [2.45, 2.75) is 25.2 Å². The molecule has 1 unspecified atom stereocenters. The smallest absolute Gasteiger partial charge is 0.341 e. The molecular formula is C17H17N6O5P. The summed E-state index contributed by atoms with van der Waals surface area (Å²) < 4.78 is 23.5. The minimum absolute atomic E-state index is 0.0278. The Hall–Kier alpha value is -3.01. The number of amides is 1. The maximum Gasteiger partial charge on any atom is 0.341 e. The number of carbonyl (C=O) groups excluding carboxylic acids is 1. The maximum atomic E-state index is 12.4. The van der Waals surface area contributed by atoms with E-state index in [1.807, 2.05) is 6.07 Å². The fraction of sp³-hybridized carbons (Fsp3) is 0.294. The summed E-state index contributed by atoms with van der Waals surface area (Å²) in [5.74, 6) is 0.00428. The first-order valence-corrected chi connectivity index (χ1v) is 10.1. The Morgan fingerprint density at radius 1 is 1.28 bits per heavy atom. The number of anilines is 1. The van der Waals surface area contributed by atoms with Crippen molar-refractivity contribution < 1.29 is 18.6 Å². The number of fused-ring (bicyclic) bond motifs is 1. The van der Waals surface area contributed by atoms with Crippen LogP contribution in [0.15, 0.2) is 47.9 Å². The van der Waals surface area contributed by atoms with Gasteiger partial charge in [0.05, 0.1) is 19.0 Å². The van der Waals surface area contributed by atoms with Crippen LogP contribution in [0.3, 0.4) is 0 Å². The number of nitroso groups, excluding NO2 is 1. The summed E-state index contributed by atoms with van der Waals surface area (Å²) in [6.45, 7) is 0.0278. The van der Waals surface area contributed by atoms with Crippen molar-refractivity contribution in [2.24, 2.45) is 4.95 Å². The molecule has 0 bridgehead atoms. The van der Waals surface area contributed by atoms with E-state index in [9.17, 15) is 14.3 Å². The molecule has 1 fully saturated rings. The van der Waals surface area contributed by atoms with Crippen molar-refractivity contribution in [3.63, 3.8) is 0 Å². The summed E-state index contributed by atoms with van der Waals surface area (Å²) in [5, 5.41) is 2.76. The SMILES string of the molecule is O=N[PH](=O)OC[C@@H]1CC[C@H](n2cnc3c(NC(=O)c4ccccc4)ncnc32)O1. The van der Waals surface area contributed by atoms with E-state index in [0.717, 1.165) is 0 Å². The van der Waals surface area contributed by atoms with E-state index in [0.29, 0.717) is 35.4 Å². The number of nitrogens with zero attached hydrogens (tertiary/aromatic N) is 5. The molecule has 12 heteroatoms. The summed E-state index contributed by atoms with van der Waals surface area (Å²) in [5.41, 5.74) is 1.46. The number of hydrogen-bond donors (Lipinski definition) is 1. The van der Waals surface area contributed by atoms with Crippen LogP contribution in [0.5, 0.6) is 0 Å². The van der Waals surface area contributed by atoms with Crippen LogP contribution in [0.1, 0.15) is 29.4 Å². The molecule has 2 aromatic heterocycles. The Morgan fingerprint density at radius 3 is 2.90 bits per heavy atom. The van der Waals surface area contributed by atoms with Gasteiger partial charge in [0.1, 0.15) is 12.6 Å². The second kappa shape index (κ2) is 8.56. The summed E-state index contributed by atoms with van der Waals surface area (Å²) in [6.07, 6.45) is 3.56. The number of nitrogens with one attached hydrogen (secondary N) is 1. The molecule has 3 aromatic rings. The molecule has 3 heterocycles. The Morgan fingerprint density at radius 2 is 2.10 bits per heavy atom. The van der Waals surface area contributed by atoms with Crippen LogP contribution in [0, 0.1) is 4.91 Å². The molecule has 1 N–H and O–H groups in total. The van der Waals surface area contributed by atoms with Crippen LogP contribution in [0.4, 0.5) is 5.82 Å². The Bertz CT molecular complexity index is 1060. The van der Waals surface area contributed by atoms with Crippen molar-refractivity contribution in [2.75, 3.05) is 11.9 Å². The maximum absolute atomic E-state index is 12.4. The van der Waals surface area contributed by atoms with E-state index in [1.165, 1.54) is 6.33 Å². The lowest BCUT2D eigenvalue weighted by Gasteiger charge is -2.14. The van der Waals surface area contributed by atoms with Crippen LogP contribution in [-0.2, 0) is 13.8 Å². The molecule has 1 aromatic carbocycles. The molecule has 0 spiro atoms. The third kappa shape index (κ3) is 4.21. The quantitative estimate of drug-likeness (QED) is 0.458. The Labute approximate surface area is 165 Å². The highest BCUT2D eigenvalue weighted by molar-refractivity contribution is 7.37. The topological polar surface area (TPSA) is 138 Å². The molecule has 3 atom stereocenters. The molecule has 1 aliphatic heterocycles. The average molecular weight is 416 g/mol. The van der Waals surface area contributed by atoms with Gasteiger partial charge in [-0.3, -0.25) is 13.9 Å². The molecule has 0 radical (unpaired) electrons. The first-order chi connectivity index (χ1) is 14.2. The number of carbonyl (C=O) groups is 1. The van der Waals surface area contributed by atoms with Crippen LogP contribution >= 0.6 is 8.18 Å². The van der Waals surface area contributed by atoms with Gasteiger partial charge in [0.25, 0.3) is 5.91 Å². The van der Waals surface area contributed by atoms with E-state index in [1.54, 1.807) is 35.2 Å². The fourth-order valence-corrected chi connectivity index (χ4v) is 3.51. The fourth-order valence-electron chi connectivity index (χ4n) is 3.13. The highest BCUT2D eigenvalue weighted by atomic mass is 31.1. The molecule has 1 amide bonds. The van der Waals surface area contributed by atoms with Crippen molar-refractivity contribution in [3.05, 3.63) is 53.5 Å². The highest BCUT2D eigenvalue weighted by Gasteiger charge is 2.29. The zero-order valence-corrected chi connectivity index (χ0v) is 16.1. The van der Waals surface area contributed by atoms with Crippen molar-refractivity contribution in [3.8, 4) is 0 Å². The third-order valence-corrected chi connectivity index (χ3v) is 5.05. The molecule has 4 rings (SSSR count). The summed E-state index contributed by atoms with van der Waals surface area (Å²) >= 11 is 0. The number of rotatable bonds is 7. The second-order valence-electron chi connectivity index (χ2n) is 6.32. The number of benzene rings is 1. The monoisotopic (exact) mass is 416 g/mol. The molecule has 1 aliphatic rings. The summed E-state index contributed by atoms with van der Waals surface area (Å²) in [4.78, 5) is 37.7.